The molecule has 0 fully saturated rings. The molecule has 1 nitrogen and oxygen atoms in total. The first-order valence-corrected chi connectivity index (χ1v) is 4.43. The summed E-state index contributed by atoms with van der Waals surface area (Å²) in [4.78, 5) is 10.3. The van der Waals surface area contributed by atoms with E-state index in [-0.39, 0.29) is 5.92 Å². The molecule has 0 radical (unpaired) electrons. The molecule has 0 aromatic heterocycles. The van der Waals surface area contributed by atoms with E-state index in [0.29, 0.717) is 5.92 Å². The fraction of sp³-hybridized carbons (Fsp3) is 0.545. The normalized spacial score (nSPS) is 15.8. The fourth-order valence-electron chi connectivity index (χ4n) is 1.19. The Balaban J connectivity index is 3.58. The molecule has 0 aliphatic heterocycles. The lowest BCUT2D eigenvalue weighted by molar-refractivity contribution is -0.111. The van der Waals surface area contributed by atoms with Crippen molar-refractivity contribution in [2.24, 2.45) is 11.8 Å². The van der Waals surface area contributed by atoms with E-state index in [4.69, 9.17) is 0 Å². The Hall–Kier alpha value is -0.850. The summed E-state index contributed by atoms with van der Waals surface area (Å²) >= 11 is 0. The topological polar surface area (TPSA) is 17.1 Å². The fourth-order valence-corrected chi connectivity index (χ4v) is 1.19. The number of carbonyl (C=O) groups is 1. The van der Waals surface area contributed by atoms with Crippen molar-refractivity contribution in [3.8, 4) is 0 Å². The monoisotopic (exact) mass is 166 g/mol. The van der Waals surface area contributed by atoms with Crippen LogP contribution in [0.5, 0.6) is 0 Å². The average Bonchev–Trinajstić information content (AvgIpc) is 2.05. The van der Waals surface area contributed by atoms with Crippen LogP contribution in [0.4, 0.5) is 0 Å². The number of allylic oxidation sites excluding steroid dienone is 3. The second-order valence-electron chi connectivity index (χ2n) is 3.35. The van der Waals surface area contributed by atoms with E-state index in [1.807, 2.05) is 13.0 Å². The highest BCUT2D eigenvalue weighted by atomic mass is 16.1. The molecule has 0 rings (SSSR count). The van der Waals surface area contributed by atoms with Crippen LogP contribution in [0.25, 0.3) is 0 Å². The van der Waals surface area contributed by atoms with E-state index >= 15 is 0 Å². The van der Waals surface area contributed by atoms with Crippen LogP contribution < -0.4 is 0 Å². The van der Waals surface area contributed by atoms with Gasteiger partial charge in [0.15, 0.2) is 0 Å². The van der Waals surface area contributed by atoms with Gasteiger partial charge in [-0.1, -0.05) is 38.7 Å². The summed E-state index contributed by atoms with van der Waals surface area (Å²) in [5.41, 5.74) is 0. The van der Waals surface area contributed by atoms with Crippen LogP contribution in [0.3, 0.4) is 0 Å². The van der Waals surface area contributed by atoms with Gasteiger partial charge in [-0.25, -0.2) is 0 Å². The van der Waals surface area contributed by atoms with Gasteiger partial charge in [0, 0.05) is 5.92 Å². The Morgan fingerprint density at radius 1 is 1.42 bits per heavy atom. The van der Waals surface area contributed by atoms with E-state index < -0.39 is 0 Å². The zero-order valence-electron chi connectivity index (χ0n) is 7.99. The van der Waals surface area contributed by atoms with E-state index in [0.717, 1.165) is 19.1 Å². The second-order valence-corrected chi connectivity index (χ2v) is 3.35. The average molecular weight is 166 g/mol. The molecule has 0 bridgehead atoms. The van der Waals surface area contributed by atoms with Crippen molar-refractivity contribution in [3.63, 3.8) is 0 Å². The number of hydrogen-bond donors (Lipinski definition) is 0. The molecule has 0 N–H and O–H groups in total. The number of hydrogen-bond acceptors (Lipinski definition) is 1. The van der Waals surface area contributed by atoms with Crippen LogP contribution in [0.15, 0.2) is 24.8 Å². The molecular weight excluding hydrogens is 148 g/mol. The maximum absolute atomic E-state index is 10.3. The van der Waals surface area contributed by atoms with Crippen molar-refractivity contribution >= 4 is 6.29 Å². The molecule has 2 unspecified atom stereocenters. The lowest BCUT2D eigenvalue weighted by atomic mass is 9.95. The highest BCUT2D eigenvalue weighted by molar-refractivity contribution is 5.52. The number of aldehydes is 1. The number of rotatable bonds is 6. The van der Waals surface area contributed by atoms with E-state index in [2.05, 4.69) is 19.6 Å². The molecular formula is C11H18O. The van der Waals surface area contributed by atoms with Gasteiger partial charge in [0.25, 0.3) is 0 Å². The van der Waals surface area contributed by atoms with Gasteiger partial charge in [0.1, 0.15) is 6.29 Å². The third kappa shape index (κ3) is 5.90. The summed E-state index contributed by atoms with van der Waals surface area (Å²) in [7, 11) is 0. The Labute approximate surface area is 75.2 Å². The van der Waals surface area contributed by atoms with Crippen LogP contribution in [0.2, 0.25) is 0 Å². The SMILES string of the molecule is C=CC=CCC(C)CC(C)C=O. The quantitative estimate of drug-likeness (QED) is 0.438. The Kier molecular flexibility index (Phi) is 6.35. The summed E-state index contributed by atoms with van der Waals surface area (Å²) < 4.78 is 0. The van der Waals surface area contributed by atoms with E-state index in [1.165, 1.54) is 0 Å². The summed E-state index contributed by atoms with van der Waals surface area (Å²) in [5, 5.41) is 0. The smallest absolute Gasteiger partial charge is 0.122 e. The molecule has 12 heavy (non-hydrogen) atoms. The predicted molar refractivity (Wildman–Crippen MR) is 53.0 cm³/mol. The lowest BCUT2D eigenvalue weighted by Crippen LogP contribution is -2.02. The molecule has 0 amide bonds. The minimum Gasteiger partial charge on any atom is -0.303 e. The Morgan fingerprint density at radius 3 is 2.58 bits per heavy atom. The molecule has 68 valence electrons. The van der Waals surface area contributed by atoms with Gasteiger partial charge in [-0.3, -0.25) is 0 Å². The third-order valence-electron chi connectivity index (χ3n) is 1.82. The molecule has 0 aliphatic rings. The highest BCUT2D eigenvalue weighted by Crippen LogP contribution is 2.13. The molecule has 0 saturated carbocycles. The van der Waals surface area contributed by atoms with Gasteiger partial charge in [-0.15, -0.1) is 0 Å². The van der Waals surface area contributed by atoms with E-state index in [9.17, 15) is 4.79 Å². The first kappa shape index (κ1) is 11.2. The Bertz CT molecular complexity index is 158. The zero-order chi connectivity index (χ0) is 9.40. The van der Waals surface area contributed by atoms with Crippen LogP contribution in [0, 0.1) is 11.8 Å². The standard InChI is InChI=1S/C11H18O/c1-4-5-6-7-10(2)8-11(3)9-12/h4-6,9-11H,1,7-8H2,2-3H3. The third-order valence-corrected chi connectivity index (χ3v) is 1.82. The molecule has 0 aromatic carbocycles. The van der Waals surface area contributed by atoms with Gasteiger partial charge in [0.2, 0.25) is 0 Å². The summed E-state index contributed by atoms with van der Waals surface area (Å²) in [6.07, 6.45) is 8.84. The Morgan fingerprint density at radius 2 is 2.08 bits per heavy atom. The van der Waals surface area contributed by atoms with Crippen molar-refractivity contribution in [3.05, 3.63) is 24.8 Å². The van der Waals surface area contributed by atoms with Crippen LogP contribution in [-0.4, -0.2) is 6.29 Å². The van der Waals surface area contributed by atoms with Gasteiger partial charge in [0.05, 0.1) is 0 Å². The summed E-state index contributed by atoms with van der Waals surface area (Å²) in [6, 6.07) is 0. The highest BCUT2D eigenvalue weighted by Gasteiger charge is 2.05. The van der Waals surface area contributed by atoms with E-state index in [1.54, 1.807) is 6.08 Å². The molecule has 0 saturated heterocycles. The van der Waals surface area contributed by atoms with Gasteiger partial charge in [-0.2, -0.15) is 0 Å². The lowest BCUT2D eigenvalue weighted by Gasteiger charge is -2.09. The van der Waals surface area contributed by atoms with Gasteiger partial charge in [-0.05, 0) is 18.8 Å². The largest absolute Gasteiger partial charge is 0.303 e. The van der Waals surface area contributed by atoms with Crippen molar-refractivity contribution < 1.29 is 4.79 Å². The summed E-state index contributed by atoms with van der Waals surface area (Å²) in [6.45, 7) is 7.71. The maximum atomic E-state index is 10.3. The molecule has 0 aliphatic carbocycles. The van der Waals surface area contributed by atoms with Crippen molar-refractivity contribution in [1.29, 1.82) is 0 Å². The maximum Gasteiger partial charge on any atom is 0.122 e. The van der Waals surface area contributed by atoms with Gasteiger partial charge >= 0.3 is 0 Å². The minimum atomic E-state index is 0.192. The molecule has 0 heterocycles. The number of carbonyl (C=O) groups excluding carboxylic acids is 1. The molecule has 2 atom stereocenters. The van der Waals surface area contributed by atoms with Crippen LogP contribution >= 0.6 is 0 Å². The first-order valence-electron chi connectivity index (χ1n) is 4.43. The van der Waals surface area contributed by atoms with Gasteiger partial charge < -0.3 is 4.79 Å². The first-order chi connectivity index (χ1) is 5.70. The zero-order valence-corrected chi connectivity index (χ0v) is 7.99. The minimum absolute atomic E-state index is 0.192. The van der Waals surface area contributed by atoms with Crippen molar-refractivity contribution in [2.45, 2.75) is 26.7 Å². The predicted octanol–water partition coefficient (Wildman–Crippen LogP) is 2.98. The second kappa shape index (κ2) is 6.84. The van der Waals surface area contributed by atoms with Crippen LogP contribution in [-0.2, 0) is 4.79 Å². The molecule has 0 aromatic rings. The summed E-state index contributed by atoms with van der Waals surface area (Å²) in [5.74, 6) is 0.776. The van der Waals surface area contributed by atoms with Crippen molar-refractivity contribution in [1.82, 2.24) is 0 Å². The van der Waals surface area contributed by atoms with Crippen LogP contribution in [0.1, 0.15) is 26.7 Å². The van der Waals surface area contributed by atoms with Crippen molar-refractivity contribution in [2.75, 3.05) is 0 Å². The molecule has 1 heteroatoms. The molecule has 0 spiro atoms.